The van der Waals surface area contributed by atoms with Gasteiger partial charge in [0.05, 0.1) is 0 Å². The summed E-state index contributed by atoms with van der Waals surface area (Å²) in [5.74, 6) is 1.35. The van der Waals surface area contributed by atoms with Gasteiger partial charge in [-0.05, 0) is 67.1 Å². The molecular weight excluding hydrogens is 590 g/mol. The summed E-state index contributed by atoms with van der Waals surface area (Å²) in [6, 6.07) is 3.05. The number of aryl methyl sites for hydroxylation is 1. The second kappa shape index (κ2) is 11.6. The Balaban J connectivity index is 1.26. The van der Waals surface area contributed by atoms with Crippen LogP contribution < -0.4 is 20.9 Å². The van der Waals surface area contributed by atoms with Crippen LogP contribution in [0, 0.1) is 5.92 Å². The fraction of sp³-hybridized carbons (Fsp3) is 0.480. The number of nitrogens with two attached hydrogens (primary N) is 2. The Labute approximate surface area is 237 Å². The van der Waals surface area contributed by atoms with Gasteiger partial charge >= 0.3 is 5.97 Å². The van der Waals surface area contributed by atoms with Crippen LogP contribution in [0.15, 0.2) is 33.0 Å². The first-order chi connectivity index (χ1) is 18.7. The highest BCUT2D eigenvalue weighted by atomic mass is 79.9. The molecule has 1 aromatic carbocycles. The number of nitrogens with zero attached hydrogens (tertiary/aromatic N) is 5. The van der Waals surface area contributed by atoms with Crippen LogP contribution in [0.3, 0.4) is 0 Å². The van der Waals surface area contributed by atoms with Crippen LogP contribution in [0.5, 0.6) is 11.5 Å². The fourth-order valence-electron chi connectivity index (χ4n) is 4.63. The smallest absolute Gasteiger partial charge is 0.323 e. The Morgan fingerprint density at radius 1 is 1.21 bits per heavy atom. The first-order valence-electron chi connectivity index (χ1n) is 12.7. The van der Waals surface area contributed by atoms with Gasteiger partial charge in [0.2, 0.25) is 6.79 Å². The lowest BCUT2D eigenvalue weighted by Crippen LogP contribution is -2.45. The van der Waals surface area contributed by atoms with Crippen LogP contribution in [-0.2, 0) is 20.9 Å². The van der Waals surface area contributed by atoms with E-state index in [0.717, 1.165) is 33.8 Å². The van der Waals surface area contributed by atoms with E-state index in [-0.39, 0.29) is 12.7 Å². The number of halogens is 1. The van der Waals surface area contributed by atoms with Gasteiger partial charge in [-0.15, -0.1) is 0 Å². The maximum atomic E-state index is 12.7. The van der Waals surface area contributed by atoms with E-state index in [4.69, 9.17) is 30.7 Å². The Bertz CT molecular complexity index is 1390. The number of amides is 1. The number of carbonyl (C=O) groups is 2. The van der Waals surface area contributed by atoms with Crippen LogP contribution >= 0.6 is 27.7 Å². The van der Waals surface area contributed by atoms with E-state index in [1.807, 2.05) is 12.1 Å². The lowest BCUT2D eigenvalue weighted by atomic mass is 9.93. The van der Waals surface area contributed by atoms with Gasteiger partial charge in [-0.2, -0.15) is 0 Å². The predicted molar refractivity (Wildman–Crippen MR) is 147 cm³/mol. The Morgan fingerprint density at radius 2 is 1.92 bits per heavy atom. The van der Waals surface area contributed by atoms with Crippen molar-refractivity contribution in [3.63, 3.8) is 0 Å². The molecule has 12 nitrogen and oxygen atoms in total. The summed E-state index contributed by atoms with van der Waals surface area (Å²) in [6.07, 6.45) is 3.17. The third-order valence-electron chi connectivity index (χ3n) is 6.85. The number of anilines is 1. The topological polar surface area (TPSA) is 161 Å². The molecule has 1 amide bonds. The molecule has 0 unspecified atom stereocenters. The highest BCUT2D eigenvalue weighted by Crippen LogP contribution is 2.43. The van der Waals surface area contributed by atoms with E-state index >= 15 is 0 Å². The first-order valence-corrected chi connectivity index (χ1v) is 14.3. The second-order valence-electron chi connectivity index (χ2n) is 9.64. The van der Waals surface area contributed by atoms with Crippen LogP contribution in [-0.4, -0.2) is 68.3 Å². The van der Waals surface area contributed by atoms with Crippen molar-refractivity contribution < 1.29 is 23.8 Å². The molecule has 3 aromatic rings. The fourth-order valence-corrected chi connectivity index (χ4v) is 6.14. The zero-order valence-electron chi connectivity index (χ0n) is 21.6. The first kappa shape index (κ1) is 27.5. The van der Waals surface area contributed by atoms with Crippen molar-refractivity contribution in [3.05, 3.63) is 22.9 Å². The molecule has 0 spiro atoms. The number of benzene rings is 1. The van der Waals surface area contributed by atoms with Gasteiger partial charge in [0, 0.05) is 29.0 Å². The molecule has 4 heterocycles. The number of fused-ring (bicyclic) bond motifs is 2. The maximum absolute atomic E-state index is 12.7. The molecule has 208 valence electrons. The van der Waals surface area contributed by atoms with E-state index in [1.165, 1.54) is 25.0 Å². The van der Waals surface area contributed by atoms with Crippen molar-refractivity contribution in [3.8, 4) is 11.5 Å². The molecule has 5 rings (SSSR count). The number of imidazole rings is 1. The predicted octanol–water partition coefficient (Wildman–Crippen LogP) is 2.96. The Kier molecular flexibility index (Phi) is 8.14. The maximum Gasteiger partial charge on any atom is 0.323 e. The van der Waals surface area contributed by atoms with E-state index in [1.54, 1.807) is 11.8 Å². The molecule has 0 radical (unpaired) electrons. The zero-order valence-corrected chi connectivity index (χ0v) is 24.0. The number of nitrogen functional groups attached to an aromatic ring is 1. The highest BCUT2D eigenvalue weighted by molar-refractivity contribution is 9.10. The monoisotopic (exact) mass is 619 g/mol. The van der Waals surface area contributed by atoms with Gasteiger partial charge in [0.25, 0.3) is 5.91 Å². The number of esters is 1. The summed E-state index contributed by atoms with van der Waals surface area (Å²) in [6.45, 7) is 5.21. The minimum atomic E-state index is -0.849. The summed E-state index contributed by atoms with van der Waals surface area (Å²) in [7, 11) is 0. The number of aromatic nitrogens is 4. The number of piperidine rings is 1. The van der Waals surface area contributed by atoms with Gasteiger partial charge in [0.15, 0.2) is 39.7 Å². The van der Waals surface area contributed by atoms with E-state index in [2.05, 4.69) is 30.5 Å². The summed E-state index contributed by atoms with van der Waals surface area (Å²) in [5.41, 5.74) is 12.9. The molecule has 1 saturated heterocycles. The molecule has 4 N–H and O–H groups in total. The van der Waals surface area contributed by atoms with Gasteiger partial charge in [-0.3, -0.25) is 9.59 Å². The molecule has 2 aliphatic rings. The van der Waals surface area contributed by atoms with Gasteiger partial charge < -0.3 is 35.1 Å². The quantitative estimate of drug-likeness (QED) is 0.356. The molecule has 2 atom stereocenters. The lowest BCUT2D eigenvalue weighted by molar-refractivity contribution is -0.160. The summed E-state index contributed by atoms with van der Waals surface area (Å²) in [5, 5.41) is 0.745. The molecule has 0 saturated carbocycles. The zero-order chi connectivity index (χ0) is 27.7. The third-order valence-corrected chi connectivity index (χ3v) is 8.82. The van der Waals surface area contributed by atoms with E-state index < -0.39 is 18.1 Å². The molecule has 2 aliphatic heterocycles. The Hall–Kier alpha value is -3.10. The average Bonchev–Trinajstić information content (AvgIpc) is 3.51. The molecule has 0 aliphatic carbocycles. The third kappa shape index (κ3) is 5.92. The second-order valence-corrected chi connectivity index (χ2v) is 11.5. The van der Waals surface area contributed by atoms with Crippen LogP contribution in [0.25, 0.3) is 11.2 Å². The molecule has 2 aromatic heterocycles. The Morgan fingerprint density at radius 3 is 2.64 bits per heavy atom. The van der Waals surface area contributed by atoms with Crippen molar-refractivity contribution in [2.45, 2.75) is 61.9 Å². The number of rotatable bonds is 8. The number of likely N-dealkylation sites (tertiary alicyclic amines) is 1. The number of ether oxygens (including phenoxy) is 3. The number of hydrogen-bond acceptors (Lipinski definition) is 11. The highest BCUT2D eigenvalue weighted by Gasteiger charge is 2.29. The lowest BCUT2D eigenvalue weighted by Gasteiger charge is -2.33. The van der Waals surface area contributed by atoms with Crippen molar-refractivity contribution in [2.24, 2.45) is 11.7 Å². The average molecular weight is 621 g/mol. The van der Waals surface area contributed by atoms with Crippen LogP contribution in [0.2, 0.25) is 0 Å². The number of hydrogen-bond donors (Lipinski definition) is 2. The standard InChI is InChI=1S/C25H30BrN7O5S/c1-13(27)24(35)38-14(2)23(34)32-6-3-15(4-7-32)5-8-33-22-20(21(28)29-11-30-22)31-25(33)39-19-10-18-17(9-16(19)26)36-12-37-18/h9-11,13-15H,3-8,12,27H2,1-2H3,(H2,28,29,30)/t13-,14+/m1/s1. The minimum Gasteiger partial charge on any atom is -0.454 e. The molecular formula is C25H30BrN7O5S. The molecule has 1 fully saturated rings. The van der Waals surface area contributed by atoms with Crippen molar-refractivity contribution >= 4 is 56.6 Å². The van der Waals surface area contributed by atoms with E-state index in [9.17, 15) is 9.59 Å². The van der Waals surface area contributed by atoms with Crippen molar-refractivity contribution in [1.29, 1.82) is 0 Å². The van der Waals surface area contributed by atoms with Gasteiger partial charge in [-0.1, -0.05) is 11.8 Å². The molecule has 14 heteroatoms. The normalized spacial score (nSPS) is 16.9. The minimum absolute atomic E-state index is 0.191. The molecule has 0 bridgehead atoms. The van der Waals surface area contributed by atoms with E-state index in [0.29, 0.717) is 54.0 Å². The van der Waals surface area contributed by atoms with Gasteiger partial charge in [-0.25, -0.2) is 15.0 Å². The van der Waals surface area contributed by atoms with Crippen molar-refractivity contribution in [1.82, 2.24) is 24.4 Å². The summed E-state index contributed by atoms with van der Waals surface area (Å²) >= 11 is 5.11. The van der Waals surface area contributed by atoms with Crippen LogP contribution in [0.4, 0.5) is 5.82 Å². The number of carbonyl (C=O) groups excluding carboxylic acids is 2. The van der Waals surface area contributed by atoms with Crippen molar-refractivity contribution in [2.75, 3.05) is 25.6 Å². The van der Waals surface area contributed by atoms with Crippen LogP contribution in [0.1, 0.15) is 33.1 Å². The largest absolute Gasteiger partial charge is 0.454 e. The van der Waals surface area contributed by atoms with Gasteiger partial charge in [0.1, 0.15) is 12.4 Å². The SMILES string of the molecule is C[C@H](OC(=O)[C@@H](C)N)C(=O)N1CCC(CCn2c(Sc3cc4c(cc3Br)OCO4)nc3c(N)ncnc32)CC1. The molecule has 39 heavy (non-hydrogen) atoms. The summed E-state index contributed by atoms with van der Waals surface area (Å²) in [4.78, 5) is 40.5. The summed E-state index contributed by atoms with van der Waals surface area (Å²) < 4.78 is 19.1.